The molecule has 8 rings (SSSR count). The molecule has 7 aromatic rings. The second-order valence-electron chi connectivity index (χ2n) is 13.8. The van der Waals surface area contributed by atoms with Crippen molar-refractivity contribution in [3.05, 3.63) is 143 Å². The van der Waals surface area contributed by atoms with Crippen LogP contribution in [0.1, 0.15) is 104 Å². The Labute approximate surface area is 335 Å². The molecule has 0 spiro atoms. The van der Waals surface area contributed by atoms with Crippen LogP contribution in [-0.4, -0.2) is 9.97 Å². The first-order valence-electron chi connectivity index (χ1n) is 23.3. The second kappa shape index (κ2) is 15.1. The maximum Gasteiger partial charge on any atom is 0.120 e. The van der Waals surface area contributed by atoms with E-state index in [0.717, 1.165) is 24.1 Å². The predicted molar refractivity (Wildman–Crippen MR) is 209 cm³/mol. The molecule has 3 aromatic heterocycles. The molecule has 0 bridgehead atoms. The van der Waals surface area contributed by atoms with Gasteiger partial charge in [-0.15, -0.1) is 53.6 Å². The van der Waals surface area contributed by atoms with E-state index in [0.29, 0.717) is 57.2 Å². The van der Waals surface area contributed by atoms with E-state index in [4.69, 9.17) is 22.2 Å². The van der Waals surface area contributed by atoms with Crippen molar-refractivity contribution in [3.63, 3.8) is 0 Å². The van der Waals surface area contributed by atoms with Crippen molar-refractivity contribution in [1.29, 1.82) is 0 Å². The Morgan fingerprint density at radius 3 is 2.25 bits per heavy atom. The van der Waals surface area contributed by atoms with Crippen LogP contribution in [0.4, 0.5) is 0 Å². The number of hydrogen-bond acceptors (Lipinski definition) is 3. The van der Waals surface area contributed by atoms with Gasteiger partial charge in [0.1, 0.15) is 5.58 Å². The standard InChI is InChI=1S/C31H28NO.C16H18N.Ir/c1-19-11-14-30-28(15-19)25-9-6-10-26(31(25)33-30)29-17-27(21(3)18-32-29)24-13-12-23(16-20(24)2)22-7-4-5-8-22;1-12-5-7-13(8-6-12)15-10-9-14(11-17-15)16(2,3)4;/h6,9,11-18,22H,4-5,7-8H2,1-3H3;5-7,9-11H,1-4H3;/q2*-1;/i1D3,2D3,3D3,22D;1D3;. The van der Waals surface area contributed by atoms with Gasteiger partial charge in [-0.1, -0.05) is 99.4 Å². The monoisotopic (exact) mass is 860 g/mol. The largest absolute Gasteiger partial charge is 0.501 e. The van der Waals surface area contributed by atoms with Crippen molar-refractivity contribution in [2.24, 2.45) is 0 Å². The van der Waals surface area contributed by atoms with Crippen molar-refractivity contribution < 1.29 is 42.3 Å². The van der Waals surface area contributed by atoms with E-state index in [1.807, 2.05) is 18.3 Å². The number of fused-ring (bicyclic) bond motifs is 3. The third kappa shape index (κ3) is 7.78. The van der Waals surface area contributed by atoms with Crippen LogP contribution < -0.4 is 0 Å². The number of furan rings is 1. The molecule has 4 aromatic carbocycles. The Kier molecular flexibility index (Phi) is 6.87. The van der Waals surface area contributed by atoms with E-state index >= 15 is 0 Å². The van der Waals surface area contributed by atoms with E-state index < -0.39 is 33.3 Å². The topological polar surface area (TPSA) is 38.9 Å². The first kappa shape index (κ1) is 23.2. The number of benzene rings is 4. The Hall–Kier alpha value is -4.37. The van der Waals surface area contributed by atoms with Crippen LogP contribution in [0.15, 0.2) is 102 Å². The fourth-order valence-corrected chi connectivity index (χ4v) is 6.42. The van der Waals surface area contributed by atoms with Crippen LogP contribution in [0.5, 0.6) is 0 Å². The van der Waals surface area contributed by atoms with Crippen LogP contribution in [-0.2, 0) is 25.5 Å². The molecule has 0 N–H and O–H groups in total. The minimum absolute atomic E-state index is 0. The van der Waals surface area contributed by atoms with Crippen molar-refractivity contribution in [1.82, 2.24) is 9.97 Å². The smallest absolute Gasteiger partial charge is 0.120 e. The molecule has 1 aliphatic carbocycles. The van der Waals surface area contributed by atoms with Crippen LogP contribution >= 0.6 is 0 Å². The minimum atomic E-state index is -2.59. The summed E-state index contributed by atoms with van der Waals surface area (Å²) in [5.41, 5.74) is 5.84. The maximum absolute atomic E-state index is 8.93. The van der Waals surface area contributed by atoms with E-state index in [2.05, 4.69) is 42.9 Å². The molecule has 0 amide bonds. The van der Waals surface area contributed by atoms with Gasteiger partial charge in [0.25, 0.3) is 0 Å². The molecule has 1 saturated carbocycles. The van der Waals surface area contributed by atoms with Gasteiger partial charge in [-0.05, 0) is 102 Å². The molecule has 4 heteroatoms. The van der Waals surface area contributed by atoms with Crippen LogP contribution in [0.25, 0.3) is 55.6 Å². The van der Waals surface area contributed by atoms with Crippen molar-refractivity contribution in [2.45, 2.75) is 85.2 Å². The summed E-state index contributed by atoms with van der Waals surface area (Å²) in [6, 6.07) is 29.5. The first-order valence-corrected chi connectivity index (χ1v) is 16.8. The van der Waals surface area contributed by atoms with E-state index in [1.54, 1.807) is 60.7 Å². The molecule has 261 valence electrons. The minimum Gasteiger partial charge on any atom is -0.501 e. The van der Waals surface area contributed by atoms with Gasteiger partial charge in [0.15, 0.2) is 0 Å². The summed E-state index contributed by atoms with van der Waals surface area (Å²) in [6.45, 7) is -3.12. The quantitative estimate of drug-likeness (QED) is 0.166. The van der Waals surface area contributed by atoms with Crippen molar-refractivity contribution >= 4 is 21.9 Å². The molecule has 1 aliphatic rings. The van der Waals surface area contributed by atoms with Gasteiger partial charge in [-0.2, -0.15) is 0 Å². The summed E-state index contributed by atoms with van der Waals surface area (Å²) >= 11 is 0. The average molecular weight is 860 g/mol. The zero-order valence-corrected chi connectivity index (χ0v) is 31.1. The number of hydrogen-bond donors (Lipinski definition) is 0. The number of rotatable bonds is 4. The normalized spacial score (nSPS) is 18.6. The third-order valence-corrected chi connectivity index (χ3v) is 9.23. The van der Waals surface area contributed by atoms with Crippen LogP contribution in [0.3, 0.4) is 0 Å². The Bertz CT molecular complexity index is 2720. The van der Waals surface area contributed by atoms with Gasteiger partial charge in [0, 0.05) is 55.7 Å². The maximum atomic E-state index is 8.93. The first-order chi connectivity index (χ1) is 29.2. The van der Waals surface area contributed by atoms with Gasteiger partial charge in [-0.25, -0.2) is 0 Å². The predicted octanol–water partition coefficient (Wildman–Crippen LogP) is 12.9. The summed E-state index contributed by atoms with van der Waals surface area (Å²) in [7, 11) is 0. The number of aryl methyl sites for hydroxylation is 4. The molecule has 3 nitrogen and oxygen atoms in total. The van der Waals surface area contributed by atoms with Gasteiger partial charge >= 0.3 is 0 Å². The fourth-order valence-electron chi connectivity index (χ4n) is 6.42. The summed E-state index contributed by atoms with van der Waals surface area (Å²) in [4.78, 5) is 8.89. The Balaban J connectivity index is 0.000000272. The number of nitrogens with zero attached hydrogens (tertiary/aromatic N) is 2. The van der Waals surface area contributed by atoms with E-state index in [1.165, 1.54) is 23.9 Å². The molecule has 1 radical (unpaired) electrons. The molecule has 0 unspecified atom stereocenters. The summed E-state index contributed by atoms with van der Waals surface area (Å²) in [5.74, 6) is -0.875. The fraction of sp³-hybridized carbons (Fsp3) is 0.277. The summed E-state index contributed by atoms with van der Waals surface area (Å²) in [5, 5.41) is 1.25. The summed E-state index contributed by atoms with van der Waals surface area (Å²) in [6.07, 6.45) is 6.16. The van der Waals surface area contributed by atoms with Crippen molar-refractivity contribution in [3.8, 4) is 33.6 Å². The van der Waals surface area contributed by atoms with Gasteiger partial charge < -0.3 is 14.4 Å². The van der Waals surface area contributed by atoms with Gasteiger partial charge in [-0.3, -0.25) is 0 Å². The zero-order chi connectivity index (χ0) is 45.9. The number of pyridine rings is 2. The average Bonchev–Trinajstić information content (AvgIpc) is 3.83. The zero-order valence-electron chi connectivity index (χ0n) is 41.7. The third-order valence-electron chi connectivity index (χ3n) is 9.23. The number of aromatic nitrogens is 2. The SMILES string of the molecule is [2H]C([2H])([2H])c1c[c-]c(-c2ccc(C(C)(C)C)cn2)cc1.[2H]C([2H])([2H])c1ccc2oc3c(-c4cc(-c5ccc(C6([2H])CCCC6)cc5C([2H])([2H])[2H])c(C([2H])([2H])[2H])cn4)[c-]ccc3c2c1.[Ir]. The summed E-state index contributed by atoms with van der Waals surface area (Å²) < 4.78 is 110. The van der Waals surface area contributed by atoms with Crippen LogP contribution in [0, 0.1) is 39.5 Å². The Morgan fingerprint density at radius 2 is 1.55 bits per heavy atom. The van der Waals surface area contributed by atoms with E-state index in [9.17, 15) is 0 Å². The van der Waals surface area contributed by atoms with Crippen LogP contribution in [0.2, 0.25) is 0 Å². The molecular weight excluding hydrogens is 801 g/mol. The molecule has 0 aliphatic heterocycles. The molecule has 0 atom stereocenters. The molecule has 3 heterocycles. The Morgan fingerprint density at radius 1 is 0.745 bits per heavy atom. The molecule has 0 saturated heterocycles. The van der Waals surface area contributed by atoms with Crippen molar-refractivity contribution in [2.75, 3.05) is 0 Å². The molecule has 1 fully saturated rings. The molecular formula is C47H46IrN2O-2. The second-order valence-corrected chi connectivity index (χ2v) is 13.8. The van der Waals surface area contributed by atoms with Gasteiger partial charge in [0.2, 0.25) is 0 Å². The van der Waals surface area contributed by atoms with E-state index in [-0.39, 0.29) is 53.3 Å². The van der Waals surface area contributed by atoms with Gasteiger partial charge in [0.05, 0.1) is 5.58 Å². The molecule has 51 heavy (non-hydrogen) atoms.